The summed E-state index contributed by atoms with van der Waals surface area (Å²) in [6.07, 6.45) is 0.375. The van der Waals surface area contributed by atoms with Gasteiger partial charge in [-0.1, -0.05) is 17.7 Å². The molecule has 0 bridgehead atoms. The van der Waals surface area contributed by atoms with Crippen LogP contribution in [0.25, 0.3) is 0 Å². The molecule has 1 heterocycles. The molecule has 1 aliphatic rings. The van der Waals surface area contributed by atoms with Gasteiger partial charge in [0.05, 0.1) is 16.3 Å². The second-order valence-electron chi connectivity index (χ2n) is 6.04. The Morgan fingerprint density at radius 2 is 1.52 bits per heavy atom. The van der Waals surface area contributed by atoms with Crippen LogP contribution >= 0.6 is 0 Å². The first-order chi connectivity index (χ1) is 11.8. The zero-order valence-corrected chi connectivity index (χ0v) is 14.8. The van der Waals surface area contributed by atoms with Crippen LogP contribution in [0.3, 0.4) is 0 Å². The van der Waals surface area contributed by atoms with E-state index in [2.05, 4.69) is 4.72 Å². The van der Waals surface area contributed by atoms with Crippen LogP contribution in [0.5, 0.6) is 0 Å². The predicted octanol–water partition coefficient (Wildman–Crippen LogP) is 2.76. The Balaban J connectivity index is 1.85. The number of anilines is 2. The van der Waals surface area contributed by atoms with Gasteiger partial charge in [0.2, 0.25) is 11.8 Å². The number of nitrogens with one attached hydrogen (secondary N) is 1. The highest BCUT2D eigenvalue weighted by Crippen LogP contribution is 2.25. The number of hydrogen-bond acceptors (Lipinski definition) is 4. The van der Waals surface area contributed by atoms with Crippen LogP contribution < -0.4 is 9.62 Å². The Morgan fingerprint density at radius 3 is 2.08 bits per heavy atom. The highest BCUT2D eigenvalue weighted by molar-refractivity contribution is 7.92. The van der Waals surface area contributed by atoms with E-state index >= 15 is 0 Å². The van der Waals surface area contributed by atoms with Gasteiger partial charge in [-0.2, -0.15) is 0 Å². The minimum absolute atomic E-state index is 0.0651. The van der Waals surface area contributed by atoms with Crippen LogP contribution in [0.4, 0.5) is 11.4 Å². The van der Waals surface area contributed by atoms with Crippen LogP contribution in [-0.4, -0.2) is 20.2 Å². The number of rotatable bonds is 4. The third-order valence-corrected chi connectivity index (χ3v) is 5.46. The van der Waals surface area contributed by atoms with Gasteiger partial charge in [-0.15, -0.1) is 0 Å². The van der Waals surface area contributed by atoms with Crippen LogP contribution in [0.15, 0.2) is 47.4 Å². The molecule has 7 heteroatoms. The van der Waals surface area contributed by atoms with Crippen LogP contribution in [0, 0.1) is 13.8 Å². The van der Waals surface area contributed by atoms with E-state index in [0.29, 0.717) is 11.4 Å². The first kappa shape index (κ1) is 17.2. The molecule has 1 fully saturated rings. The smallest absolute Gasteiger partial charge is 0.261 e. The van der Waals surface area contributed by atoms with Gasteiger partial charge in [0.1, 0.15) is 0 Å². The molecule has 2 aromatic rings. The molecule has 0 aromatic heterocycles. The lowest BCUT2D eigenvalue weighted by Gasteiger charge is -2.15. The fourth-order valence-electron chi connectivity index (χ4n) is 2.77. The van der Waals surface area contributed by atoms with Crippen LogP contribution in [0.1, 0.15) is 24.0 Å². The van der Waals surface area contributed by atoms with Crippen molar-refractivity contribution in [2.24, 2.45) is 0 Å². The molecule has 0 unspecified atom stereocenters. The van der Waals surface area contributed by atoms with Gasteiger partial charge >= 0.3 is 0 Å². The summed E-state index contributed by atoms with van der Waals surface area (Å²) >= 11 is 0. The monoisotopic (exact) mass is 358 g/mol. The van der Waals surface area contributed by atoms with Crippen molar-refractivity contribution in [1.82, 2.24) is 0 Å². The summed E-state index contributed by atoms with van der Waals surface area (Å²) in [5, 5.41) is 0. The van der Waals surface area contributed by atoms with Crippen molar-refractivity contribution in [2.45, 2.75) is 31.6 Å². The van der Waals surface area contributed by atoms with Crippen molar-refractivity contribution in [3.8, 4) is 0 Å². The highest BCUT2D eigenvalue weighted by Gasteiger charge is 2.30. The average molecular weight is 358 g/mol. The van der Waals surface area contributed by atoms with E-state index < -0.39 is 10.0 Å². The van der Waals surface area contributed by atoms with E-state index in [9.17, 15) is 18.0 Å². The molecular formula is C18H18N2O4S. The predicted molar refractivity (Wildman–Crippen MR) is 94.9 cm³/mol. The Hall–Kier alpha value is -2.67. The van der Waals surface area contributed by atoms with Crippen molar-refractivity contribution in [2.75, 3.05) is 9.62 Å². The molecule has 130 valence electrons. The van der Waals surface area contributed by atoms with E-state index in [0.717, 1.165) is 16.0 Å². The van der Waals surface area contributed by atoms with Crippen LogP contribution in [0.2, 0.25) is 0 Å². The molecule has 0 spiro atoms. The molecule has 25 heavy (non-hydrogen) atoms. The third-order valence-electron chi connectivity index (χ3n) is 4.08. The Morgan fingerprint density at radius 1 is 0.920 bits per heavy atom. The summed E-state index contributed by atoms with van der Waals surface area (Å²) < 4.78 is 27.6. The van der Waals surface area contributed by atoms with E-state index in [1.807, 2.05) is 26.0 Å². The number of sulfonamides is 1. The molecule has 1 aliphatic heterocycles. The lowest BCUT2D eigenvalue weighted by atomic mass is 10.1. The number of nitrogens with zero attached hydrogens (tertiary/aromatic N) is 1. The number of benzene rings is 2. The molecule has 0 aliphatic carbocycles. The molecule has 1 N–H and O–H groups in total. The SMILES string of the molecule is Cc1ccc(NS(=O)(=O)c2ccc(N3C(=O)CCC3=O)cc2)c(C)c1. The lowest BCUT2D eigenvalue weighted by Crippen LogP contribution is -2.28. The number of carbonyl (C=O) groups is 2. The molecule has 1 saturated heterocycles. The largest absolute Gasteiger partial charge is 0.279 e. The second kappa shape index (κ2) is 6.33. The van der Waals surface area contributed by atoms with Gasteiger partial charge < -0.3 is 0 Å². The Bertz CT molecular complexity index is 934. The van der Waals surface area contributed by atoms with E-state index in [1.54, 1.807) is 6.07 Å². The molecule has 3 rings (SSSR count). The summed E-state index contributed by atoms with van der Waals surface area (Å²) in [5.74, 6) is -0.539. The molecule has 2 amide bonds. The maximum Gasteiger partial charge on any atom is 0.261 e. The number of hydrogen-bond donors (Lipinski definition) is 1. The number of aryl methyl sites for hydroxylation is 2. The number of imide groups is 1. The van der Waals surface area contributed by atoms with E-state index in [1.165, 1.54) is 24.3 Å². The highest BCUT2D eigenvalue weighted by atomic mass is 32.2. The lowest BCUT2D eigenvalue weighted by molar-refractivity contribution is -0.121. The summed E-state index contributed by atoms with van der Waals surface area (Å²) in [6, 6.07) is 11.2. The van der Waals surface area contributed by atoms with Gasteiger partial charge in [-0.3, -0.25) is 19.2 Å². The van der Waals surface area contributed by atoms with Gasteiger partial charge in [0.15, 0.2) is 0 Å². The molecule has 6 nitrogen and oxygen atoms in total. The van der Waals surface area contributed by atoms with Gasteiger partial charge in [0, 0.05) is 12.8 Å². The normalized spacial score (nSPS) is 14.9. The zero-order chi connectivity index (χ0) is 18.2. The molecular weight excluding hydrogens is 340 g/mol. The third kappa shape index (κ3) is 3.41. The Labute approximate surface area is 146 Å². The summed E-state index contributed by atoms with van der Waals surface area (Å²) in [5.41, 5.74) is 2.77. The molecule has 0 radical (unpaired) electrons. The van der Waals surface area contributed by atoms with Gasteiger partial charge in [-0.25, -0.2) is 8.42 Å². The maximum absolute atomic E-state index is 12.5. The van der Waals surface area contributed by atoms with Crippen molar-refractivity contribution in [1.29, 1.82) is 0 Å². The minimum Gasteiger partial charge on any atom is -0.279 e. The molecule has 0 saturated carbocycles. The first-order valence-electron chi connectivity index (χ1n) is 7.84. The molecule has 2 aromatic carbocycles. The van der Waals surface area contributed by atoms with Gasteiger partial charge in [-0.05, 0) is 49.7 Å². The zero-order valence-electron chi connectivity index (χ0n) is 13.9. The number of amides is 2. The number of carbonyl (C=O) groups excluding carboxylic acids is 2. The minimum atomic E-state index is -3.75. The summed E-state index contributed by atoms with van der Waals surface area (Å²) in [4.78, 5) is 24.7. The van der Waals surface area contributed by atoms with E-state index in [4.69, 9.17) is 0 Å². The van der Waals surface area contributed by atoms with Crippen molar-refractivity contribution in [3.05, 3.63) is 53.6 Å². The quantitative estimate of drug-likeness (QED) is 0.852. The molecule has 0 atom stereocenters. The maximum atomic E-state index is 12.5. The first-order valence-corrected chi connectivity index (χ1v) is 9.32. The second-order valence-corrected chi connectivity index (χ2v) is 7.72. The van der Waals surface area contributed by atoms with Gasteiger partial charge in [0.25, 0.3) is 10.0 Å². The average Bonchev–Trinajstić information content (AvgIpc) is 2.89. The van der Waals surface area contributed by atoms with Crippen LogP contribution in [-0.2, 0) is 19.6 Å². The fraction of sp³-hybridized carbons (Fsp3) is 0.222. The van der Waals surface area contributed by atoms with Crippen molar-refractivity contribution in [3.63, 3.8) is 0 Å². The van der Waals surface area contributed by atoms with Crippen molar-refractivity contribution >= 4 is 33.2 Å². The standard InChI is InChI=1S/C18H18N2O4S/c1-12-3-8-16(13(2)11-12)19-25(23,24)15-6-4-14(5-7-15)20-17(21)9-10-18(20)22/h3-8,11,19H,9-10H2,1-2H3. The Kier molecular flexibility index (Phi) is 4.34. The van der Waals surface area contributed by atoms with Crippen molar-refractivity contribution < 1.29 is 18.0 Å². The topological polar surface area (TPSA) is 83.6 Å². The van der Waals surface area contributed by atoms with E-state index in [-0.39, 0.29) is 29.6 Å². The fourth-order valence-corrected chi connectivity index (χ4v) is 3.90. The summed E-state index contributed by atoms with van der Waals surface area (Å²) in [6.45, 7) is 3.77. The summed E-state index contributed by atoms with van der Waals surface area (Å²) in [7, 11) is -3.75.